The van der Waals surface area contributed by atoms with Gasteiger partial charge in [-0.05, 0) is 13.0 Å². The molecule has 2 rings (SSSR count). The molecule has 0 fully saturated rings. The lowest BCUT2D eigenvalue weighted by Gasteiger charge is -2.16. The van der Waals surface area contributed by atoms with Crippen LogP contribution in [0.15, 0.2) is 35.5 Å². The fraction of sp³-hybridized carbons (Fsp3) is 0.250. The van der Waals surface area contributed by atoms with Crippen molar-refractivity contribution in [3.05, 3.63) is 47.7 Å². The van der Waals surface area contributed by atoms with Crippen molar-refractivity contribution in [3.8, 4) is 0 Å². The number of imidazole rings is 1. The van der Waals surface area contributed by atoms with E-state index < -0.39 is 15.8 Å². The third kappa shape index (κ3) is 2.82. The van der Waals surface area contributed by atoms with Gasteiger partial charge in [0.1, 0.15) is 11.6 Å². The zero-order valence-electron chi connectivity index (χ0n) is 10.6. The minimum Gasteiger partial charge on any atom is -0.332 e. The molecular formula is C12H14FN3O2S. The molecule has 0 saturated carbocycles. The van der Waals surface area contributed by atoms with Gasteiger partial charge in [-0.1, -0.05) is 18.2 Å². The van der Waals surface area contributed by atoms with Crippen molar-refractivity contribution in [1.29, 1.82) is 0 Å². The number of rotatable bonds is 4. The van der Waals surface area contributed by atoms with Crippen LogP contribution in [0.1, 0.15) is 11.4 Å². The summed E-state index contributed by atoms with van der Waals surface area (Å²) in [4.78, 5) is 6.52. The number of aryl methyl sites for hydroxylation is 1. The fourth-order valence-corrected chi connectivity index (χ4v) is 2.76. The average molecular weight is 283 g/mol. The summed E-state index contributed by atoms with van der Waals surface area (Å²) in [6.07, 6.45) is 1.25. The lowest BCUT2D eigenvalue weighted by atomic mass is 10.2. The molecule has 1 heterocycles. The number of aromatic nitrogens is 2. The summed E-state index contributed by atoms with van der Waals surface area (Å²) in [6, 6.07) is 6.08. The van der Waals surface area contributed by atoms with Gasteiger partial charge in [0, 0.05) is 19.2 Å². The van der Waals surface area contributed by atoms with Crippen LogP contribution in [0.5, 0.6) is 0 Å². The Morgan fingerprint density at radius 2 is 2.05 bits per heavy atom. The maximum absolute atomic E-state index is 13.5. The average Bonchev–Trinajstić information content (AvgIpc) is 2.79. The van der Waals surface area contributed by atoms with E-state index in [1.165, 1.54) is 19.3 Å². The van der Waals surface area contributed by atoms with Crippen LogP contribution in [-0.2, 0) is 16.6 Å². The summed E-state index contributed by atoms with van der Waals surface area (Å²) >= 11 is 0. The third-order valence-electron chi connectivity index (χ3n) is 2.72. The maximum Gasteiger partial charge on any atom is 0.260 e. The molecule has 1 aromatic carbocycles. The molecule has 0 spiro atoms. The molecule has 7 heteroatoms. The summed E-state index contributed by atoms with van der Waals surface area (Å²) in [6.45, 7) is 1.63. The predicted octanol–water partition coefficient (Wildman–Crippen LogP) is 1.68. The van der Waals surface area contributed by atoms with Crippen LogP contribution in [0.4, 0.5) is 4.39 Å². The molecule has 102 valence electrons. The van der Waals surface area contributed by atoms with Gasteiger partial charge in [0.15, 0.2) is 5.03 Å². The highest BCUT2D eigenvalue weighted by molar-refractivity contribution is 7.89. The monoisotopic (exact) mass is 283 g/mol. The van der Waals surface area contributed by atoms with Crippen LogP contribution < -0.4 is 0 Å². The summed E-state index contributed by atoms with van der Waals surface area (Å²) in [7, 11) is -2.28. The summed E-state index contributed by atoms with van der Waals surface area (Å²) in [5.41, 5.74) is 0.324. The SMILES string of the molecule is Cc1ncc(S(=O)(=O)N(C)Cc2ccccc2F)[nH]1. The summed E-state index contributed by atoms with van der Waals surface area (Å²) in [5, 5.41) is 0.00355. The third-order valence-corrected chi connectivity index (χ3v) is 4.43. The number of halogens is 1. The molecule has 0 aliphatic carbocycles. The Kier molecular flexibility index (Phi) is 3.68. The molecule has 0 amide bonds. The van der Waals surface area contributed by atoms with E-state index >= 15 is 0 Å². The van der Waals surface area contributed by atoms with Gasteiger partial charge in [-0.3, -0.25) is 0 Å². The van der Waals surface area contributed by atoms with E-state index in [4.69, 9.17) is 0 Å². The molecular weight excluding hydrogens is 269 g/mol. The number of hydrogen-bond donors (Lipinski definition) is 1. The zero-order chi connectivity index (χ0) is 14.0. The molecule has 5 nitrogen and oxygen atoms in total. The van der Waals surface area contributed by atoms with Crippen LogP contribution in [0, 0.1) is 12.7 Å². The first-order valence-corrected chi connectivity index (χ1v) is 7.06. The largest absolute Gasteiger partial charge is 0.332 e. The molecule has 0 aliphatic rings. The molecule has 0 saturated heterocycles. The van der Waals surface area contributed by atoms with Crippen molar-refractivity contribution >= 4 is 10.0 Å². The first kappa shape index (κ1) is 13.7. The van der Waals surface area contributed by atoms with Gasteiger partial charge in [0.25, 0.3) is 10.0 Å². The lowest BCUT2D eigenvalue weighted by molar-refractivity contribution is 0.454. The maximum atomic E-state index is 13.5. The summed E-state index contributed by atoms with van der Waals surface area (Å²) < 4.78 is 39.0. The minimum atomic E-state index is -3.68. The van der Waals surface area contributed by atoms with Gasteiger partial charge < -0.3 is 4.98 Å². The first-order chi connectivity index (χ1) is 8.91. The molecule has 0 unspecified atom stereocenters. The second-order valence-corrected chi connectivity index (χ2v) is 6.20. The van der Waals surface area contributed by atoms with Crippen LogP contribution >= 0.6 is 0 Å². The quantitative estimate of drug-likeness (QED) is 0.928. The Bertz CT molecular complexity index is 682. The van der Waals surface area contributed by atoms with Crippen molar-refractivity contribution in [2.24, 2.45) is 0 Å². The van der Waals surface area contributed by atoms with E-state index in [1.54, 1.807) is 25.1 Å². The Morgan fingerprint density at radius 3 is 2.63 bits per heavy atom. The van der Waals surface area contributed by atoms with Crippen molar-refractivity contribution in [1.82, 2.24) is 14.3 Å². The predicted molar refractivity (Wildman–Crippen MR) is 68.4 cm³/mol. The molecule has 1 N–H and O–H groups in total. The highest BCUT2D eigenvalue weighted by Crippen LogP contribution is 2.16. The minimum absolute atomic E-state index is 0.00355. The number of nitrogens with one attached hydrogen (secondary N) is 1. The van der Waals surface area contributed by atoms with Crippen LogP contribution in [0.3, 0.4) is 0 Å². The highest BCUT2D eigenvalue weighted by atomic mass is 32.2. The second-order valence-electron chi connectivity index (χ2n) is 4.19. The molecule has 0 atom stereocenters. The van der Waals surface area contributed by atoms with E-state index in [0.29, 0.717) is 11.4 Å². The second kappa shape index (κ2) is 5.10. The van der Waals surface area contributed by atoms with Crippen LogP contribution in [-0.4, -0.2) is 29.7 Å². The van der Waals surface area contributed by atoms with E-state index in [9.17, 15) is 12.8 Å². The van der Waals surface area contributed by atoms with Crippen molar-refractivity contribution in [3.63, 3.8) is 0 Å². The lowest BCUT2D eigenvalue weighted by Crippen LogP contribution is -2.27. The number of nitrogens with zero attached hydrogens (tertiary/aromatic N) is 2. The standard InChI is InChI=1S/C12H14FN3O2S/c1-9-14-7-12(15-9)19(17,18)16(2)8-10-5-3-4-6-11(10)13/h3-7H,8H2,1-2H3,(H,14,15). The number of benzene rings is 1. The molecule has 0 radical (unpaired) electrons. The molecule has 19 heavy (non-hydrogen) atoms. The number of aromatic amines is 1. The van der Waals surface area contributed by atoms with Gasteiger partial charge in [-0.2, -0.15) is 4.31 Å². The van der Waals surface area contributed by atoms with Gasteiger partial charge in [-0.25, -0.2) is 17.8 Å². The van der Waals surface area contributed by atoms with E-state index in [0.717, 1.165) is 4.31 Å². The van der Waals surface area contributed by atoms with Crippen molar-refractivity contribution in [2.75, 3.05) is 7.05 Å². The van der Waals surface area contributed by atoms with Gasteiger partial charge >= 0.3 is 0 Å². The van der Waals surface area contributed by atoms with Gasteiger partial charge in [0.2, 0.25) is 0 Å². The topological polar surface area (TPSA) is 66.1 Å². The van der Waals surface area contributed by atoms with Crippen molar-refractivity contribution in [2.45, 2.75) is 18.5 Å². The van der Waals surface area contributed by atoms with E-state index in [2.05, 4.69) is 9.97 Å². The zero-order valence-corrected chi connectivity index (χ0v) is 11.4. The van der Waals surface area contributed by atoms with Crippen LogP contribution in [0.25, 0.3) is 0 Å². The number of H-pyrrole nitrogens is 1. The molecule has 2 aromatic rings. The smallest absolute Gasteiger partial charge is 0.260 e. The van der Waals surface area contributed by atoms with E-state index in [1.807, 2.05) is 0 Å². The fourth-order valence-electron chi connectivity index (χ4n) is 1.65. The Labute approximate surface area is 111 Å². The molecule has 0 bridgehead atoms. The Balaban J connectivity index is 2.25. The van der Waals surface area contributed by atoms with Gasteiger partial charge in [-0.15, -0.1) is 0 Å². The Morgan fingerprint density at radius 1 is 1.37 bits per heavy atom. The number of sulfonamides is 1. The first-order valence-electron chi connectivity index (χ1n) is 5.62. The highest BCUT2D eigenvalue weighted by Gasteiger charge is 2.23. The van der Waals surface area contributed by atoms with Crippen molar-refractivity contribution < 1.29 is 12.8 Å². The van der Waals surface area contributed by atoms with E-state index in [-0.39, 0.29) is 11.6 Å². The van der Waals surface area contributed by atoms with Gasteiger partial charge in [0.05, 0.1) is 6.20 Å². The van der Waals surface area contributed by atoms with Crippen LogP contribution in [0.2, 0.25) is 0 Å². The molecule has 1 aromatic heterocycles. The summed E-state index contributed by atoms with van der Waals surface area (Å²) in [5.74, 6) is 0.0863. The molecule has 0 aliphatic heterocycles. The normalized spacial score (nSPS) is 12.0. The number of hydrogen-bond acceptors (Lipinski definition) is 3. The Hall–Kier alpha value is -1.73.